The van der Waals surface area contributed by atoms with Crippen LogP contribution in [0.4, 0.5) is 5.69 Å². The topological polar surface area (TPSA) is 64.6 Å². The highest BCUT2D eigenvalue weighted by atomic mass is 79.9. The molecule has 5 nitrogen and oxygen atoms in total. The van der Waals surface area contributed by atoms with E-state index in [-0.39, 0.29) is 13.2 Å². The van der Waals surface area contributed by atoms with Gasteiger partial charge in [-0.15, -0.1) is 0 Å². The first-order chi connectivity index (χ1) is 12.6. The predicted molar refractivity (Wildman–Crippen MR) is 104 cm³/mol. The van der Waals surface area contributed by atoms with Crippen LogP contribution in [0.2, 0.25) is 0 Å². The van der Waals surface area contributed by atoms with E-state index in [1.54, 1.807) is 13.8 Å². The molecule has 0 heterocycles. The Bertz CT molecular complexity index is 718. The fraction of sp³-hybridized carbons (Fsp3) is 0.300. The van der Waals surface area contributed by atoms with Gasteiger partial charge in [-0.25, -0.2) is 0 Å². The minimum absolute atomic E-state index is 0.188. The van der Waals surface area contributed by atoms with Crippen molar-refractivity contribution in [1.82, 2.24) is 0 Å². The zero-order valence-corrected chi connectivity index (χ0v) is 16.4. The van der Waals surface area contributed by atoms with Crippen molar-refractivity contribution in [2.75, 3.05) is 18.5 Å². The highest BCUT2D eigenvalue weighted by molar-refractivity contribution is 9.10. The Morgan fingerprint density at radius 3 is 2.12 bits per heavy atom. The normalized spacial score (nSPS) is 11.7. The molecule has 138 valence electrons. The summed E-state index contributed by atoms with van der Waals surface area (Å²) in [5, 5.41) is 3.28. The highest BCUT2D eigenvalue weighted by Crippen LogP contribution is 2.30. The number of ether oxygens (including phenoxy) is 2. The number of halogens is 1. The molecule has 0 spiro atoms. The minimum Gasteiger partial charge on any atom is -0.465 e. The Hall–Kier alpha value is -2.34. The maximum absolute atomic E-state index is 12.6. The number of hydrogen-bond acceptors (Lipinski definition) is 5. The third-order valence-corrected chi connectivity index (χ3v) is 4.21. The zero-order chi connectivity index (χ0) is 18.9. The van der Waals surface area contributed by atoms with Gasteiger partial charge in [-0.1, -0.05) is 52.3 Å². The van der Waals surface area contributed by atoms with Gasteiger partial charge >= 0.3 is 11.9 Å². The number of anilines is 1. The van der Waals surface area contributed by atoms with E-state index in [4.69, 9.17) is 9.47 Å². The van der Waals surface area contributed by atoms with E-state index in [0.29, 0.717) is 0 Å². The Morgan fingerprint density at radius 2 is 1.58 bits per heavy atom. The maximum Gasteiger partial charge on any atom is 0.322 e. The number of rotatable bonds is 8. The van der Waals surface area contributed by atoms with Crippen LogP contribution < -0.4 is 5.32 Å². The number of benzene rings is 2. The predicted octanol–water partition coefficient (Wildman–Crippen LogP) is 4.34. The van der Waals surface area contributed by atoms with Crippen LogP contribution >= 0.6 is 15.9 Å². The molecule has 0 saturated heterocycles. The van der Waals surface area contributed by atoms with Gasteiger partial charge in [0.25, 0.3) is 0 Å². The van der Waals surface area contributed by atoms with Crippen LogP contribution in [0.25, 0.3) is 0 Å². The summed E-state index contributed by atoms with van der Waals surface area (Å²) < 4.78 is 11.2. The standard InChI is InChI=1S/C20H22BrNO4/c1-3-25-19(23)17(20(24)26-4-2)18(14-9-6-5-7-10-14)22-16-12-8-11-15(21)13-16/h5-13,17-18,22H,3-4H2,1-2H3/t18-/m0/s1. The molecule has 2 aromatic carbocycles. The van der Waals surface area contributed by atoms with Crippen LogP contribution in [0.15, 0.2) is 59.1 Å². The minimum atomic E-state index is -1.11. The SMILES string of the molecule is CCOC(=O)C(C(=O)OCC)[C@@H](Nc1cccc(Br)c1)c1ccccc1. The molecule has 0 aromatic heterocycles. The molecular formula is C20H22BrNO4. The largest absolute Gasteiger partial charge is 0.465 e. The third-order valence-electron chi connectivity index (χ3n) is 3.72. The molecule has 26 heavy (non-hydrogen) atoms. The molecule has 0 unspecified atom stereocenters. The Balaban J connectivity index is 2.44. The van der Waals surface area contributed by atoms with Crippen LogP contribution in [0, 0.1) is 5.92 Å². The molecule has 0 aliphatic heterocycles. The number of carbonyl (C=O) groups is 2. The van der Waals surface area contributed by atoms with Crippen LogP contribution in [0.3, 0.4) is 0 Å². The van der Waals surface area contributed by atoms with Crippen molar-refractivity contribution in [3.8, 4) is 0 Å². The summed E-state index contributed by atoms with van der Waals surface area (Å²) in [5.74, 6) is -2.33. The van der Waals surface area contributed by atoms with Crippen LogP contribution in [0.5, 0.6) is 0 Å². The summed E-state index contributed by atoms with van der Waals surface area (Å²) in [6, 6.07) is 16.2. The van der Waals surface area contributed by atoms with Crippen molar-refractivity contribution in [2.45, 2.75) is 19.9 Å². The number of hydrogen-bond donors (Lipinski definition) is 1. The van der Waals surface area contributed by atoms with Gasteiger partial charge in [-0.2, -0.15) is 0 Å². The maximum atomic E-state index is 12.6. The summed E-state index contributed by atoms with van der Waals surface area (Å²) in [4.78, 5) is 25.1. The smallest absolute Gasteiger partial charge is 0.322 e. The number of carbonyl (C=O) groups excluding carboxylic acids is 2. The molecule has 0 saturated carbocycles. The second kappa shape index (κ2) is 9.97. The quantitative estimate of drug-likeness (QED) is 0.508. The summed E-state index contributed by atoms with van der Waals surface area (Å²) >= 11 is 3.43. The van der Waals surface area contributed by atoms with Gasteiger partial charge in [0.2, 0.25) is 0 Å². The Morgan fingerprint density at radius 1 is 0.962 bits per heavy atom. The van der Waals surface area contributed by atoms with Crippen molar-refractivity contribution in [2.24, 2.45) is 5.92 Å². The van der Waals surface area contributed by atoms with Crippen molar-refractivity contribution in [3.63, 3.8) is 0 Å². The summed E-state index contributed by atoms with van der Waals surface area (Å²) in [5.41, 5.74) is 1.56. The van der Waals surface area contributed by atoms with E-state index in [2.05, 4.69) is 21.2 Å². The van der Waals surface area contributed by atoms with Gasteiger partial charge in [0.05, 0.1) is 19.3 Å². The molecule has 0 bridgehead atoms. The van der Waals surface area contributed by atoms with E-state index in [1.807, 2.05) is 54.6 Å². The number of nitrogens with one attached hydrogen (secondary N) is 1. The summed E-state index contributed by atoms with van der Waals surface area (Å²) in [6.07, 6.45) is 0. The molecule has 0 radical (unpaired) electrons. The summed E-state index contributed by atoms with van der Waals surface area (Å²) in [6.45, 7) is 3.79. The lowest BCUT2D eigenvalue weighted by molar-refractivity contribution is -0.162. The molecule has 6 heteroatoms. The first-order valence-corrected chi connectivity index (χ1v) is 9.26. The van der Waals surface area contributed by atoms with Crippen LogP contribution in [0.1, 0.15) is 25.5 Å². The van der Waals surface area contributed by atoms with E-state index < -0.39 is 23.9 Å². The monoisotopic (exact) mass is 419 g/mol. The summed E-state index contributed by atoms with van der Waals surface area (Å²) in [7, 11) is 0. The molecule has 0 aliphatic rings. The molecule has 1 atom stereocenters. The van der Waals surface area contributed by atoms with Crippen molar-refractivity contribution >= 4 is 33.6 Å². The molecule has 0 fully saturated rings. The van der Waals surface area contributed by atoms with Crippen LogP contribution in [-0.2, 0) is 19.1 Å². The molecular weight excluding hydrogens is 398 g/mol. The molecule has 2 rings (SSSR count). The Labute approximate surface area is 161 Å². The first-order valence-electron chi connectivity index (χ1n) is 8.47. The van der Waals surface area contributed by atoms with E-state index >= 15 is 0 Å². The van der Waals surface area contributed by atoms with Crippen molar-refractivity contribution in [1.29, 1.82) is 0 Å². The molecule has 1 N–H and O–H groups in total. The van der Waals surface area contributed by atoms with Crippen molar-refractivity contribution in [3.05, 3.63) is 64.6 Å². The van der Waals surface area contributed by atoms with E-state index in [9.17, 15) is 9.59 Å². The third kappa shape index (κ3) is 5.33. The van der Waals surface area contributed by atoms with Gasteiger partial charge < -0.3 is 14.8 Å². The average Bonchev–Trinajstić information content (AvgIpc) is 2.62. The molecule has 0 aliphatic carbocycles. The van der Waals surface area contributed by atoms with Gasteiger partial charge in [0, 0.05) is 10.2 Å². The lowest BCUT2D eigenvalue weighted by Crippen LogP contribution is -2.36. The second-order valence-corrected chi connectivity index (χ2v) is 6.44. The molecule has 2 aromatic rings. The fourth-order valence-electron chi connectivity index (χ4n) is 2.61. The zero-order valence-electron chi connectivity index (χ0n) is 14.8. The lowest BCUT2D eigenvalue weighted by atomic mass is 9.92. The fourth-order valence-corrected chi connectivity index (χ4v) is 3.01. The first kappa shape index (κ1) is 20.0. The molecule has 0 amide bonds. The highest BCUT2D eigenvalue weighted by Gasteiger charge is 2.38. The van der Waals surface area contributed by atoms with Gasteiger partial charge in [0.1, 0.15) is 0 Å². The van der Waals surface area contributed by atoms with Crippen LogP contribution in [-0.4, -0.2) is 25.2 Å². The number of esters is 2. The van der Waals surface area contributed by atoms with Crippen molar-refractivity contribution < 1.29 is 19.1 Å². The average molecular weight is 420 g/mol. The lowest BCUT2D eigenvalue weighted by Gasteiger charge is -2.26. The van der Waals surface area contributed by atoms with Gasteiger partial charge in [-0.05, 0) is 37.6 Å². The van der Waals surface area contributed by atoms with Gasteiger partial charge in [-0.3, -0.25) is 9.59 Å². The van der Waals surface area contributed by atoms with E-state index in [1.165, 1.54) is 0 Å². The van der Waals surface area contributed by atoms with E-state index in [0.717, 1.165) is 15.7 Å². The van der Waals surface area contributed by atoms with Gasteiger partial charge in [0.15, 0.2) is 5.92 Å². The Kier molecular flexibility index (Phi) is 7.66. The second-order valence-electron chi connectivity index (χ2n) is 5.52.